The van der Waals surface area contributed by atoms with Gasteiger partial charge in [0.25, 0.3) is 5.91 Å². The number of imide groups is 1. The number of carbonyl (C=O) groups is 3. The molecule has 1 heterocycles. The summed E-state index contributed by atoms with van der Waals surface area (Å²) < 4.78 is 5.40. The maximum atomic E-state index is 12.6. The number of rotatable bonds is 8. The number of hydrogen-bond acceptors (Lipinski definition) is 4. The Balaban J connectivity index is 1.91. The number of anilines is 1. The Morgan fingerprint density at radius 1 is 1.23 bits per heavy atom. The van der Waals surface area contributed by atoms with Crippen molar-refractivity contribution in [2.75, 3.05) is 24.6 Å². The van der Waals surface area contributed by atoms with E-state index in [1.807, 2.05) is 32.9 Å². The Kier molecular flexibility index (Phi) is 6.74. The molecule has 0 bridgehead atoms. The zero-order valence-electron chi connectivity index (χ0n) is 15.8. The molecule has 1 aromatic rings. The van der Waals surface area contributed by atoms with Gasteiger partial charge in [0, 0.05) is 18.8 Å². The summed E-state index contributed by atoms with van der Waals surface area (Å²) in [4.78, 5) is 39.5. The first-order valence-electron chi connectivity index (χ1n) is 8.90. The Morgan fingerprint density at radius 2 is 1.88 bits per heavy atom. The second kappa shape index (κ2) is 8.80. The zero-order valence-corrected chi connectivity index (χ0v) is 15.8. The van der Waals surface area contributed by atoms with Gasteiger partial charge in [-0.25, -0.2) is 4.79 Å². The molecule has 0 unspecified atom stereocenters. The average molecular weight is 361 g/mol. The van der Waals surface area contributed by atoms with Gasteiger partial charge in [0.15, 0.2) is 0 Å². The minimum atomic E-state index is -0.627. The summed E-state index contributed by atoms with van der Waals surface area (Å²) in [7, 11) is 0. The van der Waals surface area contributed by atoms with E-state index >= 15 is 0 Å². The van der Waals surface area contributed by atoms with Gasteiger partial charge < -0.3 is 10.1 Å². The van der Waals surface area contributed by atoms with E-state index in [1.54, 1.807) is 19.1 Å². The lowest BCUT2D eigenvalue weighted by molar-refractivity contribution is -0.131. The Hall–Kier alpha value is -2.41. The molecular formula is C19H27N3O4. The number of aryl methyl sites for hydroxylation is 1. The van der Waals surface area contributed by atoms with Gasteiger partial charge in [-0.2, -0.15) is 0 Å². The van der Waals surface area contributed by atoms with Crippen molar-refractivity contribution in [1.29, 1.82) is 0 Å². The summed E-state index contributed by atoms with van der Waals surface area (Å²) in [6.45, 7) is 8.24. The van der Waals surface area contributed by atoms with Crippen molar-refractivity contribution in [3.63, 3.8) is 0 Å². The fourth-order valence-electron chi connectivity index (χ4n) is 2.73. The third-order valence-electron chi connectivity index (χ3n) is 4.16. The van der Waals surface area contributed by atoms with Gasteiger partial charge in [-0.3, -0.25) is 19.4 Å². The van der Waals surface area contributed by atoms with E-state index in [0.29, 0.717) is 25.3 Å². The van der Waals surface area contributed by atoms with Crippen molar-refractivity contribution in [2.45, 2.75) is 46.3 Å². The van der Waals surface area contributed by atoms with Crippen LogP contribution in [0.5, 0.6) is 0 Å². The first-order valence-corrected chi connectivity index (χ1v) is 8.90. The molecule has 0 aromatic heterocycles. The highest BCUT2D eigenvalue weighted by Gasteiger charge is 2.43. The van der Waals surface area contributed by atoms with E-state index < -0.39 is 12.1 Å². The maximum absolute atomic E-state index is 12.6. The van der Waals surface area contributed by atoms with Crippen LogP contribution in [0, 0.1) is 6.92 Å². The lowest BCUT2D eigenvalue weighted by Gasteiger charge is -2.19. The van der Waals surface area contributed by atoms with Crippen LogP contribution in [0.15, 0.2) is 24.3 Å². The van der Waals surface area contributed by atoms with Crippen molar-refractivity contribution < 1.29 is 19.1 Å². The number of ether oxygens (including phenoxy) is 1. The standard InChI is InChI=1S/C19H27N3O4/c1-13(2)26-11-5-10-20-17(23)12-21-18(24)15(4)22(19(21)25)16-8-6-14(3)7-9-16/h6-9,13,15H,5,10-12H2,1-4H3,(H,20,23)/t15-/m0/s1. The fraction of sp³-hybridized carbons (Fsp3) is 0.526. The van der Waals surface area contributed by atoms with Gasteiger partial charge in [-0.15, -0.1) is 0 Å². The van der Waals surface area contributed by atoms with E-state index in [9.17, 15) is 14.4 Å². The van der Waals surface area contributed by atoms with Crippen LogP contribution in [-0.4, -0.2) is 54.6 Å². The normalized spacial score (nSPS) is 17.3. The first kappa shape index (κ1) is 19.9. The molecule has 4 amide bonds. The number of urea groups is 1. The van der Waals surface area contributed by atoms with E-state index in [-0.39, 0.29) is 24.5 Å². The molecule has 142 valence electrons. The monoisotopic (exact) mass is 361 g/mol. The lowest BCUT2D eigenvalue weighted by atomic mass is 10.2. The Labute approximate surface area is 154 Å². The molecular weight excluding hydrogens is 334 g/mol. The third kappa shape index (κ3) is 4.82. The van der Waals surface area contributed by atoms with Gasteiger partial charge in [-0.05, 0) is 46.2 Å². The summed E-state index contributed by atoms with van der Waals surface area (Å²) in [5.74, 6) is -0.719. The second-order valence-electron chi connectivity index (χ2n) is 6.71. The molecule has 2 rings (SSSR count). The highest BCUT2D eigenvalue weighted by molar-refractivity contribution is 6.15. The molecule has 0 aliphatic carbocycles. The molecule has 26 heavy (non-hydrogen) atoms. The first-order chi connectivity index (χ1) is 12.3. The molecule has 0 radical (unpaired) electrons. The van der Waals surface area contributed by atoms with Crippen molar-refractivity contribution in [3.05, 3.63) is 29.8 Å². The quantitative estimate of drug-likeness (QED) is 0.568. The smallest absolute Gasteiger partial charge is 0.332 e. The number of carbonyl (C=O) groups excluding carboxylic acids is 3. The highest BCUT2D eigenvalue weighted by Crippen LogP contribution is 2.25. The summed E-state index contributed by atoms with van der Waals surface area (Å²) in [6, 6.07) is 6.27. The summed E-state index contributed by atoms with van der Waals surface area (Å²) in [6.07, 6.45) is 0.831. The molecule has 1 aliphatic heterocycles. The minimum absolute atomic E-state index is 0.153. The van der Waals surface area contributed by atoms with Crippen LogP contribution in [0.3, 0.4) is 0 Å². The molecule has 0 saturated carbocycles. The number of benzene rings is 1. The molecule has 1 fully saturated rings. The highest BCUT2D eigenvalue weighted by atomic mass is 16.5. The number of nitrogens with one attached hydrogen (secondary N) is 1. The van der Waals surface area contributed by atoms with Crippen LogP contribution >= 0.6 is 0 Å². The van der Waals surface area contributed by atoms with E-state index in [1.165, 1.54) is 4.90 Å². The fourth-order valence-corrected chi connectivity index (χ4v) is 2.73. The van der Waals surface area contributed by atoms with Crippen molar-refractivity contribution in [3.8, 4) is 0 Å². The SMILES string of the molecule is Cc1ccc(N2C(=O)N(CC(=O)NCCCOC(C)C)C(=O)[C@@H]2C)cc1. The van der Waals surface area contributed by atoms with Crippen LogP contribution in [0.4, 0.5) is 10.5 Å². The molecule has 1 aromatic carbocycles. The van der Waals surface area contributed by atoms with E-state index in [0.717, 1.165) is 10.5 Å². The van der Waals surface area contributed by atoms with E-state index in [4.69, 9.17) is 4.74 Å². The summed E-state index contributed by atoms with van der Waals surface area (Å²) in [5.41, 5.74) is 1.72. The van der Waals surface area contributed by atoms with Gasteiger partial charge >= 0.3 is 6.03 Å². The lowest BCUT2D eigenvalue weighted by Crippen LogP contribution is -2.41. The largest absolute Gasteiger partial charge is 0.379 e. The van der Waals surface area contributed by atoms with Crippen LogP contribution in [-0.2, 0) is 14.3 Å². The predicted octanol–water partition coefficient (Wildman–Crippen LogP) is 2.08. The molecule has 7 nitrogen and oxygen atoms in total. The molecule has 1 atom stereocenters. The second-order valence-corrected chi connectivity index (χ2v) is 6.71. The van der Waals surface area contributed by atoms with Gasteiger partial charge in [-0.1, -0.05) is 17.7 Å². The Morgan fingerprint density at radius 3 is 2.50 bits per heavy atom. The van der Waals surface area contributed by atoms with Gasteiger partial charge in [0.2, 0.25) is 5.91 Å². The number of amides is 4. The van der Waals surface area contributed by atoms with Crippen LogP contribution in [0.1, 0.15) is 32.8 Å². The summed E-state index contributed by atoms with van der Waals surface area (Å²) >= 11 is 0. The topological polar surface area (TPSA) is 79.0 Å². The Bertz CT molecular complexity index is 657. The van der Waals surface area contributed by atoms with Gasteiger partial charge in [0.05, 0.1) is 6.10 Å². The number of hydrogen-bond donors (Lipinski definition) is 1. The minimum Gasteiger partial charge on any atom is -0.379 e. The van der Waals surface area contributed by atoms with Crippen LogP contribution < -0.4 is 10.2 Å². The average Bonchev–Trinajstić information content (AvgIpc) is 2.79. The molecule has 1 saturated heterocycles. The van der Waals surface area contributed by atoms with E-state index in [2.05, 4.69) is 5.32 Å². The van der Waals surface area contributed by atoms with Crippen LogP contribution in [0.2, 0.25) is 0 Å². The molecule has 7 heteroatoms. The number of nitrogens with zero attached hydrogens (tertiary/aromatic N) is 2. The maximum Gasteiger partial charge on any atom is 0.332 e. The predicted molar refractivity (Wildman–Crippen MR) is 98.9 cm³/mol. The van der Waals surface area contributed by atoms with Crippen molar-refractivity contribution >= 4 is 23.5 Å². The third-order valence-corrected chi connectivity index (χ3v) is 4.16. The van der Waals surface area contributed by atoms with Gasteiger partial charge in [0.1, 0.15) is 12.6 Å². The van der Waals surface area contributed by atoms with Crippen molar-refractivity contribution in [1.82, 2.24) is 10.2 Å². The summed E-state index contributed by atoms with van der Waals surface area (Å²) in [5, 5.41) is 2.72. The van der Waals surface area contributed by atoms with Crippen LogP contribution in [0.25, 0.3) is 0 Å². The van der Waals surface area contributed by atoms with Crippen molar-refractivity contribution in [2.24, 2.45) is 0 Å². The molecule has 1 N–H and O–H groups in total. The molecule has 1 aliphatic rings. The zero-order chi connectivity index (χ0) is 19.3. The molecule has 0 spiro atoms.